The average molecular weight is 465 g/mol. The summed E-state index contributed by atoms with van der Waals surface area (Å²) in [7, 11) is 0. The Morgan fingerprint density at radius 1 is 1.33 bits per heavy atom. The van der Waals surface area contributed by atoms with Gasteiger partial charge in [-0.3, -0.25) is 0 Å². The van der Waals surface area contributed by atoms with E-state index in [0.29, 0.717) is 28.8 Å². The van der Waals surface area contributed by atoms with E-state index in [2.05, 4.69) is 33.2 Å². The lowest BCUT2D eigenvalue weighted by atomic mass is 9.83. The van der Waals surface area contributed by atoms with Crippen LogP contribution >= 0.6 is 11.6 Å². The minimum Gasteiger partial charge on any atom is -0.395 e. The van der Waals surface area contributed by atoms with E-state index in [9.17, 15) is 10.4 Å². The van der Waals surface area contributed by atoms with Crippen LogP contribution in [0.25, 0.3) is 11.3 Å². The van der Waals surface area contributed by atoms with Crippen molar-refractivity contribution in [2.45, 2.75) is 25.8 Å². The maximum atomic E-state index is 9.96. The van der Waals surface area contributed by atoms with E-state index in [-0.39, 0.29) is 12.0 Å². The predicted octanol–water partition coefficient (Wildman–Crippen LogP) is 3.93. The summed E-state index contributed by atoms with van der Waals surface area (Å²) in [6.45, 7) is 6.93. The minimum absolute atomic E-state index is 0.0143. The van der Waals surface area contributed by atoms with E-state index >= 15 is 0 Å². The number of hydrogen-bond donors (Lipinski definition) is 3. The first kappa shape index (κ1) is 21.7. The summed E-state index contributed by atoms with van der Waals surface area (Å²) in [6.07, 6.45) is 3.57. The van der Waals surface area contributed by atoms with Crippen molar-refractivity contribution in [2.24, 2.45) is 5.41 Å². The fraction of sp³-hybridized carbons (Fsp3) is 0.375. The van der Waals surface area contributed by atoms with Gasteiger partial charge in [-0.1, -0.05) is 25.4 Å². The lowest BCUT2D eigenvalue weighted by Crippen LogP contribution is -2.43. The zero-order valence-corrected chi connectivity index (χ0v) is 19.3. The second-order valence-electron chi connectivity index (χ2n) is 9.50. The van der Waals surface area contributed by atoms with Gasteiger partial charge in [-0.25, -0.2) is 9.97 Å². The van der Waals surface area contributed by atoms with E-state index in [4.69, 9.17) is 21.3 Å². The smallest absolute Gasteiger partial charge is 0.228 e. The van der Waals surface area contributed by atoms with Gasteiger partial charge in [-0.2, -0.15) is 5.26 Å². The quantitative estimate of drug-likeness (QED) is 0.507. The van der Waals surface area contributed by atoms with Gasteiger partial charge in [0.1, 0.15) is 11.9 Å². The second-order valence-corrected chi connectivity index (χ2v) is 9.93. The van der Waals surface area contributed by atoms with Crippen LogP contribution in [0.3, 0.4) is 0 Å². The molecule has 2 aromatic heterocycles. The molecule has 3 aromatic rings. The molecule has 33 heavy (non-hydrogen) atoms. The zero-order chi connectivity index (χ0) is 23.2. The van der Waals surface area contributed by atoms with Crippen molar-refractivity contribution in [3.63, 3.8) is 0 Å². The SMILES string of the molecule is CC1(Cn2cc(Cl)cc2Nc2nccc(-c3cc(C#N)c4c(c3)[C@@](C)(CO)CN4)n2)COC1. The maximum Gasteiger partial charge on any atom is 0.228 e. The van der Waals surface area contributed by atoms with Crippen molar-refractivity contribution in [1.82, 2.24) is 14.5 Å². The van der Waals surface area contributed by atoms with Gasteiger partial charge < -0.3 is 25.0 Å². The Morgan fingerprint density at radius 3 is 2.85 bits per heavy atom. The number of aromatic nitrogens is 3. The molecule has 0 aliphatic carbocycles. The van der Waals surface area contributed by atoms with E-state index < -0.39 is 5.41 Å². The number of ether oxygens (including phenoxy) is 1. The molecule has 2 aliphatic heterocycles. The molecule has 4 heterocycles. The first-order valence-corrected chi connectivity index (χ1v) is 11.2. The fourth-order valence-corrected chi connectivity index (χ4v) is 4.64. The molecule has 1 saturated heterocycles. The highest BCUT2D eigenvalue weighted by Gasteiger charge is 2.36. The molecule has 0 amide bonds. The predicted molar refractivity (Wildman–Crippen MR) is 127 cm³/mol. The molecule has 1 aromatic carbocycles. The fourth-order valence-electron chi connectivity index (χ4n) is 4.42. The Kier molecular flexibility index (Phi) is 5.28. The van der Waals surface area contributed by atoms with Gasteiger partial charge >= 0.3 is 0 Å². The number of nitriles is 1. The number of aliphatic hydroxyl groups is 1. The molecule has 0 unspecified atom stereocenters. The summed E-state index contributed by atoms with van der Waals surface area (Å²) < 4.78 is 7.44. The third-order valence-corrected chi connectivity index (χ3v) is 6.63. The van der Waals surface area contributed by atoms with Gasteiger partial charge in [0.2, 0.25) is 5.95 Å². The normalized spacial score (nSPS) is 20.5. The highest BCUT2D eigenvalue weighted by molar-refractivity contribution is 6.30. The number of nitrogens with zero attached hydrogens (tertiary/aromatic N) is 4. The summed E-state index contributed by atoms with van der Waals surface area (Å²) in [5.41, 5.74) is 3.34. The first-order valence-electron chi connectivity index (χ1n) is 10.8. The Labute approximate surface area is 197 Å². The van der Waals surface area contributed by atoms with Crippen molar-refractivity contribution in [1.29, 1.82) is 5.26 Å². The van der Waals surface area contributed by atoms with E-state index in [1.165, 1.54) is 0 Å². The molecular weight excluding hydrogens is 440 g/mol. The van der Waals surface area contributed by atoms with Gasteiger partial charge in [0, 0.05) is 41.9 Å². The molecule has 3 N–H and O–H groups in total. The molecule has 0 spiro atoms. The van der Waals surface area contributed by atoms with Gasteiger partial charge in [0.25, 0.3) is 0 Å². The molecule has 0 saturated carbocycles. The number of nitrogens with one attached hydrogen (secondary N) is 2. The van der Waals surface area contributed by atoms with Crippen molar-refractivity contribution in [3.05, 3.63) is 52.8 Å². The highest BCUT2D eigenvalue weighted by atomic mass is 35.5. The third kappa shape index (κ3) is 3.93. The summed E-state index contributed by atoms with van der Waals surface area (Å²) in [6, 6.07) is 9.74. The van der Waals surface area contributed by atoms with Crippen molar-refractivity contribution in [3.8, 4) is 17.3 Å². The number of rotatable bonds is 6. The molecule has 2 aliphatic rings. The Bertz CT molecular complexity index is 1260. The van der Waals surface area contributed by atoms with Crippen molar-refractivity contribution in [2.75, 3.05) is 37.0 Å². The van der Waals surface area contributed by atoms with Gasteiger partial charge in [0.15, 0.2) is 0 Å². The lowest BCUT2D eigenvalue weighted by molar-refractivity contribution is -0.109. The average Bonchev–Trinajstić information content (AvgIpc) is 3.31. The van der Waals surface area contributed by atoms with E-state index in [1.807, 2.05) is 37.4 Å². The molecule has 0 bridgehead atoms. The second kappa shape index (κ2) is 8.03. The van der Waals surface area contributed by atoms with Crippen LogP contribution in [0.15, 0.2) is 36.7 Å². The molecule has 1 fully saturated rings. The van der Waals surface area contributed by atoms with Crippen LogP contribution < -0.4 is 10.6 Å². The Morgan fingerprint density at radius 2 is 2.15 bits per heavy atom. The van der Waals surface area contributed by atoms with E-state index in [1.54, 1.807) is 6.20 Å². The van der Waals surface area contributed by atoms with Crippen LogP contribution in [-0.2, 0) is 16.7 Å². The van der Waals surface area contributed by atoms with Gasteiger partial charge in [0.05, 0.1) is 41.8 Å². The summed E-state index contributed by atoms with van der Waals surface area (Å²) in [5, 5.41) is 26.8. The van der Waals surface area contributed by atoms with Gasteiger partial charge in [-0.15, -0.1) is 0 Å². The van der Waals surface area contributed by atoms with Crippen LogP contribution in [0, 0.1) is 16.7 Å². The number of fused-ring (bicyclic) bond motifs is 1. The summed E-state index contributed by atoms with van der Waals surface area (Å²) in [4.78, 5) is 9.08. The van der Waals surface area contributed by atoms with E-state index in [0.717, 1.165) is 42.4 Å². The number of aliphatic hydroxyl groups excluding tert-OH is 1. The minimum atomic E-state index is -0.454. The topological polar surface area (TPSA) is 108 Å². The van der Waals surface area contributed by atoms with Crippen LogP contribution in [0.4, 0.5) is 17.5 Å². The number of anilines is 3. The molecular formula is C24H25ClN6O2. The number of hydrogen-bond acceptors (Lipinski definition) is 7. The van der Waals surface area contributed by atoms with Crippen molar-refractivity contribution >= 4 is 29.1 Å². The number of halogens is 1. The molecule has 9 heteroatoms. The van der Waals surface area contributed by atoms with Crippen LogP contribution in [-0.4, -0.2) is 46.0 Å². The number of benzene rings is 1. The van der Waals surface area contributed by atoms with Gasteiger partial charge in [-0.05, 0) is 29.8 Å². The summed E-state index contributed by atoms with van der Waals surface area (Å²) in [5.74, 6) is 1.23. The Hall–Kier alpha value is -3.12. The lowest BCUT2D eigenvalue weighted by Gasteiger charge is -2.38. The molecule has 8 nitrogen and oxygen atoms in total. The standard InChI is InChI=1S/C24H25ClN6O2/c1-23(13-33-14-23)11-31-9-17(25)7-20(31)30-22-27-4-3-19(29-22)15-5-16(8-26)21-18(6-15)24(2,12-32)10-28-21/h3-7,9,28,32H,10-14H2,1-2H3,(H,27,29,30)/t24-/m1/s1. The third-order valence-electron chi connectivity index (χ3n) is 6.42. The molecule has 0 radical (unpaired) electrons. The largest absolute Gasteiger partial charge is 0.395 e. The molecule has 1 atom stereocenters. The van der Waals surface area contributed by atoms with Crippen molar-refractivity contribution < 1.29 is 9.84 Å². The summed E-state index contributed by atoms with van der Waals surface area (Å²) >= 11 is 6.29. The highest BCUT2D eigenvalue weighted by Crippen LogP contribution is 2.41. The van der Waals surface area contributed by atoms with Crippen LogP contribution in [0.5, 0.6) is 0 Å². The molecule has 170 valence electrons. The monoisotopic (exact) mass is 464 g/mol. The zero-order valence-electron chi connectivity index (χ0n) is 18.5. The van der Waals surface area contributed by atoms with Crippen LogP contribution in [0.1, 0.15) is 25.0 Å². The first-order chi connectivity index (χ1) is 15.8. The maximum absolute atomic E-state index is 9.96. The molecule has 5 rings (SSSR count). The Balaban J connectivity index is 1.47. The van der Waals surface area contributed by atoms with Crippen LogP contribution in [0.2, 0.25) is 5.02 Å².